The Bertz CT molecular complexity index is 459. The fraction of sp³-hybridized carbons (Fsp3) is 0.500. The van der Waals surface area contributed by atoms with Crippen molar-refractivity contribution < 1.29 is 5.21 Å². The molecule has 0 amide bonds. The molecule has 1 aliphatic heterocycles. The SMILES string of the molecule is CN1CCC2(CC1)Cc1ccccc1/C2=N\O. The van der Waals surface area contributed by atoms with Crippen molar-refractivity contribution >= 4 is 5.71 Å². The highest BCUT2D eigenvalue weighted by molar-refractivity contribution is 6.08. The first kappa shape index (κ1) is 10.8. The number of benzene rings is 1. The molecule has 3 heteroatoms. The van der Waals surface area contributed by atoms with E-state index in [4.69, 9.17) is 0 Å². The van der Waals surface area contributed by atoms with E-state index in [9.17, 15) is 5.21 Å². The average Bonchev–Trinajstić information content (AvgIpc) is 2.66. The Labute approximate surface area is 102 Å². The summed E-state index contributed by atoms with van der Waals surface area (Å²) in [5, 5.41) is 13.0. The molecule has 1 saturated heterocycles. The van der Waals surface area contributed by atoms with E-state index in [-0.39, 0.29) is 5.41 Å². The highest BCUT2D eigenvalue weighted by atomic mass is 16.4. The van der Waals surface area contributed by atoms with Crippen LogP contribution in [0.25, 0.3) is 0 Å². The third kappa shape index (κ3) is 1.57. The molecular weight excluding hydrogens is 212 g/mol. The Hall–Kier alpha value is -1.35. The van der Waals surface area contributed by atoms with Gasteiger partial charge in [-0.25, -0.2) is 0 Å². The molecule has 1 aromatic carbocycles. The number of fused-ring (bicyclic) bond motifs is 1. The van der Waals surface area contributed by atoms with Crippen LogP contribution in [0.2, 0.25) is 0 Å². The van der Waals surface area contributed by atoms with Gasteiger partial charge in [-0.1, -0.05) is 29.4 Å². The van der Waals surface area contributed by atoms with E-state index in [1.54, 1.807) is 0 Å². The van der Waals surface area contributed by atoms with Crippen molar-refractivity contribution in [3.8, 4) is 0 Å². The lowest BCUT2D eigenvalue weighted by Crippen LogP contribution is -2.41. The summed E-state index contributed by atoms with van der Waals surface area (Å²) in [7, 11) is 2.16. The van der Waals surface area contributed by atoms with Gasteiger partial charge in [0, 0.05) is 11.0 Å². The van der Waals surface area contributed by atoms with Gasteiger partial charge < -0.3 is 10.1 Å². The highest BCUT2D eigenvalue weighted by Crippen LogP contribution is 2.44. The first-order chi connectivity index (χ1) is 8.25. The molecule has 1 N–H and O–H groups in total. The van der Waals surface area contributed by atoms with Crippen LogP contribution in [0.1, 0.15) is 24.0 Å². The van der Waals surface area contributed by atoms with Crippen molar-refractivity contribution in [3.63, 3.8) is 0 Å². The van der Waals surface area contributed by atoms with Gasteiger partial charge in [-0.3, -0.25) is 0 Å². The van der Waals surface area contributed by atoms with Crippen molar-refractivity contribution in [2.24, 2.45) is 10.6 Å². The molecule has 90 valence electrons. The Morgan fingerprint density at radius 3 is 2.65 bits per heavy atom. The minimum Gasteiger partial charge on any atom is -0.411 e. The summed E-state index contributed by atoms with van der Waals surface area (Å²) in [4.78, 5) is 2.35. The Balaban J connectivity index is 2.00. The normalized spacial score (nSPS) is 25.4. The molecular formula is C14H18N2O. The van der Waals surface area contributed by atoms with Gasteiger partial charge in [-0.15, -0.1) is 0 Å². The largest absolute Gasteiger partial charge is 0.411 e. The Morgan fingerprint density at radius 1 is 1.24 bits per heavy atom. The maximum absolute atomic E-state index is 9.37. The van der Waals surface area contributed by atoms with Gasteiger partial charge in [0.25, 0.3) is 0 Å². The van der Waals surface area contributed by atoms with Crippen molar-refractivity contribution in [2.75, 3.05) is 20.1 Å². The molecule has 2 aliphatic rings. The van der Waals surface area contributed by atoms with Crippen LogP contribution in [0.3, 0.4) is 0 Å². The summed E-state index contributed by atoms with van der Waals surface area (Å²) in [5.41, 5.74) is 3.50. The van der Waals surface area contributed by atoms with Crippen LogP contribution < -0.4 is 0 Å². The minimum atomic E-state index is 0.0882. The summed E-state index contributed by atoms with van der Waals surface area (Å²) >= 11 is 0. The van der Waals surface area contributed by atoms with E-state index in [0.29, 0.717) is 0 Å². The van der Waals surface area contributed by atoms with Crippen LogP contribution in [0.5, 0.6) is 0 Å². The third-order valence-corrected chi connectivity index (χ3v) is 4.35. The molecule has 1 aromatic rings. The average molecular weight is 230 g/mol. The number of piperidine rings is 1. The smallest absolute Gasteiger partial charge is 0.0936 e. The van der Waals surface area contributed by atoms with E-state index in [0.717, 1.165) is 43.6 Å². The number of oxime groups is 1. The molecule has 0 saturated carbocycles. The van der Waals surface area contributed by atoms with Crippen LogP contribution in [-0.4, -0.2) is 36.0 Å². The van der Waals surface area contributed by atoms with Gasteiger partial charge >= 0.3 is 0 Å². The van der Waals surface area contributed by atoms with E-state index < -0.39 is 0 Å². The maximum Gasteiger partial charge on any atom is 0.0936 e. The van der Waals surface area contributed by atoms with Crippen molar-refractivity contribution in [1.82, 2.24) is 4.90 Å². The summed E-state index contributed by atoms with van der Waals surface area (Å²) < 4.78 is 0. The zero-order valence-corrected chi connectivity index (χ0v) is 10.2. The minimum absolute atomic E-state index is 0.0882. The van der Waals surface area contributed by atoms with Gasteiger partial charge in [0.2, 0.25) is 0 Å². The molecule has 3 rings (SSSR count). The van der Waals surface area contributed by atoms with Crippen LogP contribution in [0.15, 0.2) is 29.4 Å². The summed E-state index contributed by atoms with van der Waals surface area (Å²) in [5.74, 6) is 0. The lowest BCUT2D eigenvalue weighted by molar-refractivity contribution is 0.179. The second kappa shape index (κ2) is 3.84. The van der Waals surface area contributed by atoms with Crippen LogP contribution >= 0.6 is 0 Å². The second-order valence-corrected chi connectivity index (χ2v) is 5.37. The summed E-state index contributed by atoms with van der Waals surface area (Å²) in [6.07, 6.45) is 3.23. The third-order valence-electron chi connectivity index (χ3n) is 4.35. The molecule has 0 unspecified atom stereocenters. The van der Waals surface area contributed by atoms with Crippen molar-refractivity contribution in [1.29, 1.82) is 0 Å². The van der Waals surface area contributed by atoms with Crippen molar-refractivity contribution in [2.45, 2.75) is 19.3 Å². The van der Waals surface area contributed by atoms with E-state index in [1.807, 2.05) is 6.07 Å². The number of hydrogen-bond donors (Lipinski definition) is 1. The first-order valence-electron chi connectivity index (χ1n) is 6.24. The van der Waals surface area contributed by atoms with E-state index in [1.165, 1.54) is 5.56 Å². The molecule has 1 fully saturated rings. The lowest BCUT2D eigenvalue weighted by atomic mass is 9.75. The zero-order chi connectivity index (χ0) is 11.9. The number of likely N-dealkylation sites (tertiary alicyclic amines) is 1. The van der Waals surface area contributed by atoms with E-state index >= 15 is 0 Å². The fourth-order valence-electron chi connectivity index (χ4n) is 3.26. The predicted molar refractivity (Wildman–Crippen MR) is 67.6 cm³/mol. The molecule has 17 heavy (non-hydrogen) atoms. The molecule has 0 aromatic heterocycles. The van der Waals surface area contributed by atoms with Gasteiger partial charge in [0.1, 0.15) is 0 Å². The molecule has 1 spiro atoms. The molecule has 0 bridgehead atoms. The topological polar surface area (TPSA) is 35.8 Å². The number of hydrogen-bond acceptors (Lipinski definition) is 3. The predicted octanol–water partition coefficient (Wildman–Crippen LogP) is 2.13. The number of nitrogens with zero attached hydrogens (tertiary/aromatic N) is 2. The molecule has 1 heterocycles. The monoisotopic (exact) mass is 230 g/mol. The van der Waals surface area contributed by atoms with Crippen LogP contribution in [0, 0.1) is 5.41 Å². The van der Waals surface area contributed by atoms with Crippen molar-refractivity contribution in [3.05, 3.63) is 35.4 Å². The van der Waals surface area contributed by atoms with Crippen LogP contribution in [-0.2, 0) is 6.42 Å². The fourth-order valence-corrected chi connectivity index (χ4v) is 3.26. The summed E-state index contributed by atoms with van der Waals surface area (Å²) in [6, 6.07) is 8.34. The van der Waals surface area contributed by atoms with Gasteiger partial charge in [-0.2, -0.15) is 0 Å². The van der Waals surface area contributed by atoms with Gasteiger partial charge in [0.05, 0.1) is 5.71 Å². The quantitative estimate of drug-likeness (QED) is 0.547. The first-order valence-corrected chi connectivity index (χ1v) is 6.24. The number of rotatable bonds is 0. The van der Waals surface area contributed by atoms with Gasteiger partial charge in [-0.05, 0) is 45.0 Å². The standard InChI is InChI=1S/C14H18N2O/c1-16-8-6-14(7-9-16)10-11-4-2-3-5-12(11)13(14)15-17/h2-5,17H,6-10H2,1H3/b15-13+. The van der Waals surface area contributed by atoms with E-state index in [2.05, 4.69) is 35.3 Å². The Morgan fingerprint density at radius 2 is 1.94 bits per heavy atom. The molecule has 0 atom stereocenters. The van der Waals surface area contributed by atoms with Gasteiger partial charge in [0.15, 0.2) is 0 Å². The maximum atomic E-state index is 9.37. The Kier molecular flexibility index (Phi) is 2.44. The molecule has 1 aliphatic carbocycles. The highest BCUT2D eigenvalue weighted by Gasteiger charge is 2.45. The molecule has 3 nitrogen and oxygen atoms in total. The lowest BCUT2D eigenvalue weighted by Gasteiger charge is -2.37. The summed E-state index contributed by atoms with van der Waals surface area (Å²) in [6.45, 7) is 2.18. The van der Waals surface area contributed by atoms with Crippen LogP contribution in [0.4, 0.5) is 0 Å². The molecule has 0 radical (unpaired) electrons. The second-order valence-electron chi connectivity index (χ2n) is 5.37. The zero-order valence-electron chi connectivity index (χ0n) is 10.2.